The minimum Gasteiger partial charge on any atom is -0.497 e. The number of methoxy groups -OCH3 is 2. The van der Waals surface area contributed by atoms with Gasteiger partial charge >= 0.3 is 0 Å². The molecular weight excluding hydrogens is 394 g/mol. The number of rotatable bonds is 9. The molecule has 0 unspecified atom stereocenters. The van der Waals surface area contributed by atoms with Crippen LogP contribution in [0, 0.1) is 0 Å². The lowest BCUT2D eigenvalue weighted by Gasteiger charge is -2.09. The number of aromatic nitrogens is 4. The quantitative estimate of drug-likeness (QED) is 0.310. The number of benzene rings is 2. The fourth-order valence-electron chi connectivity index (χ4n) is 3.05. The van der Waals surface area contributed by atoms with E-state index in [9.17, 15) is 0 Å². The molecule has 2 heterocycles. The maximum Gasteiger partial charge on any atom is 0.231 e. The lowest BCUT2D eigenvalue weighted by Crippen LogP contribution is -2.06. The van der Waals surface area contributed by atoms with Crippen LogP contribution in [0.2, 0.25) is 0 Å². The van der Waals surface area contributed by atoms with Gasteiger partial charge in [0.05, 0.1) is 14.2 Å². The Balaban J connectivity index is 1.66. The van der Waals surface area contributed by atoms with E-state index in [1.165, 1.54) is 0 Å². The van der Waals surface area contributed by atoms with E-state index in [1.807, 2.05) is 48.5 Å². The molecular formula is C22H25N7O2. The predicted molar refractivity (Wildman–Crippen MR) is 123 cm³/mol. The first-order valence-electron chi connectivity index (χ1n) is 10.0. The summed E-state index contributed by atoms with van der Waals surface area (Å²) in [6.45, 7) is 2.87. The number of aromatic amines is 1. The van der Waals surface area contributed by atoms with E-state index in [4.69, 9.17) is 9.47 Å². The van der Waals surface area contributed by atoms with Crippen molar-refractivity contribution in [2.75, 3.05) is 36.7 Å². The number of imidazole rings is 1. The Labute approximate surface area is 180 Å². The molecule has 0 radical (unpaired) electrons. The minimum atomic E-state index is 0.455. The number of ether oxygens (including phenoxy) is 2. The average Bonchev–Trinajstić information content (AvgIpc) is 3.20. The second-order valence-electron chi connectivity index (χ2n) is 6.82. The maximum atomic E-state index is 5.29. The van der Waals surface area contributed by atoms with Gasteiger partial charge in [-0.1, -0.05) is 19.1 Å². The summed E-state index contributed by atoms with van der Waals surface area (Å²) >= 11 is 0. The van der Waals surface area contributed by atoms with Gasteiger partial charge in [0.15, 0.2) is 17.0 Å². The van der Waals surface area contributed by atoms with Gasteiger partial charge in [0.2, 0.25) is 11.9 Å². The number of hydrogen-bond donors (Lipinski definition) is 4. The molecule has 160 valence electrons. The molecule has 0 spiro atoms. The van der Waals surface area contributed by atoms with Crippen molar-refractivity contribution in [2.24, 2.45) is 0 Å². The van der Waals surface area contributed by atoms with Crippen molar-refractivity contribution < 1.29 is 9.47 Å². The molecule has 0 amide bonds. The Bertz CT molecular complexity index is 1180. The summed E-state index contributed by atoms with van der Waals surface area (Å²) in [5.74, 6) is 3.19. The van der Waals surface area contributed by atoms with Gasteiger partial charge in [-0.3, -0.25) is 0 Å². The largest absolute Gasteiger partial charge is 0.497 e. The first-order chi connectivity index (χ1) is 15.2. The lowest BCUT2D eigenvalue weighted by atomic mass is 10.3. The third-order valence-corrected chi connectivity index (χ3v) is 4.55. The highest BCUT2D eigenvalue weighted by Crippen LogP contribution is 2.27. The third-order valence-electron chi connectivity index (χ3n) is 4.55. The van der Waals surface area contributed by atoms with Gasteiger partial charge in [0.1, 0.15) is 11.5 Å². The van der Waals surface area contributed by atoms with Crippen molar-refractivity contribution in [3.8, 4) is 11.5 Å². The highest BCUT2D eigenvalue weighted by atomic mass is 16.5. The predicted octanol–water partition coefficient (Wildman–Crippen LogP) is 4.68. The summed E-state index contributed by atoms with van der Waals surface area (Å²) < 4.78 is 10.6. The Hall–Kier alpha value is -4.01. The van der Waals surface area contributed by atoms with Gasteiger partial charge in [0.25, 0.3) is 0 Å². The molecule has 4 rings (SSSR count). The van der Waals surface area contributed by atoms with Crippen molar-refractivity contribution in [3.05, 3.63) is 48.5 Å². The average molecular weight is 419 g/mol. The Kier molecular flexibility index (Phi) is 6.02. The molecule has 0 atom stereocenters. The number of nitrogens with zero attached hydrogens (tertiary/aromatic N) is 3. The number of anilines is 5. The molecule has 0 bridgehead atoms. The van der Waals surface area contributed by atoms with Crippen LogP contribution in [0.25, 0.3) is 11.2 Å². The van der Waals surface area contributed by atoms with E-state index in [2.05, 4.69) is 42.8 Å². The molecule has 2 aromatic carbocycles. The smallest absolute Gasteiger partial charge is 0.231 e. The van der Waals surface area contributed by atoms with Crippen molar-refractivity contribution >= 4 is 40.3 Å². The van der Waals surface area contributed by atoms with E-state index in [0.717, 1.165) is 35.8 Å². The summed E-state index contributed by atoms with van der Waals surface area (Å²) in [7, 11) is 3.27. The van der Waals surface area contributed by atoms with Crippen LogP contribution >= 0.6 is 0 Å². The fourth-order valence-corrected chi connectivity index (χ4v) is 3.05. The van der Waals surface area contributed by atoms with E-state index in [1.54, 1.807) is 14.2 Å². The normalized spacial score (nSPS) is 10.7. The van der Waals surface area contributed by atoms with E-state index in [0.29, 0.717) is 28.9 Å². The van der Waals surface area contributed by atoms with Crippen LogP contribution in [0.1, 0.15) is 13.3 Å². The van der Waals surface area contributed by atoms with E-state index in [-0.39, 0.29) is 0 Å². The molecule has 0 aliphatic rings. The molecule has 4 N–H and O–H groups in total. The summed E-state index contributed by atoms with van der Waals surface area (Å²) in [6, 6.07) is 15.2. The zero-order valence-corrected chi connectivity index (χ0v) is 17.7. The highest BCUT2D eigenvalue weighted by molar-refractivity contribution is 5.86. The van der Waals surface area contributed by atoms with Gasteiger partial charge < -0.3 is 30.4 Å². The maximum absolute atomic E-state index is 5.29. The molecule has 0 saturated heterocycles. The van der Waals surface area contributed by atoms with Gasteiger partial charge in [-0.15, -0.1) is 0 Å². The SMILES string of the molecule is CCCNc1nc(Nc2cccc(OC)c2)nc2[nH]c(Nc3cccc(OC)c3)nc12. The van der Waals surface area contributed by atoms with Gasteiger partial charge in [-0.05, 0) is 30.7 Å². The van der Waals surface area contributed by atoms with Crippen LogP contribution < -0.4 is 25.4 Å². The first-order valence-corrected chi connectivity index (χ1v) is 10.0. The Morgan fingerprint density at radius 3 is 2.19 bits per heavy atom. The van der Waals surface area contributed by atoms with Crippen molar-refractivity contribution in [3.63, 3.8) is 0 Å². The van der Waals surface area contributed by atoms with Crippen molar-refractivity contribution in [1.29, 1.82) is 0 Å². The van der Waals surface area contributed by atoms with Crippen molar-refractivity contribution in [1.82, 2.24) is 19.9 Å². The van der Waals surface area contributed by atoms with Crippen LogP contribution in [-0.4, -0.2) is 40.7 Å². The number of hydrogen-bond acceptors (Lipinski definition) is 8. The zero-order valence-electron chi connectivity index (χ0n) is 17.7. The molecule has 0 aliphatic carbocycles. The summed E-state index contributed by atoms with van der Waals surface area (Å²) in [4.78, 5) is 17.1. The van der Waals surface area contributed by atoms with Crippen LogP contribution in [0.5, 0.6) is 11.5 Å². The number of fused-ring (bicyclic) bond motifs is 1. The van der Waals surface area contributed by atoms with Crippen LogP contribution in [0.15, 0.2) is 48.5 Å². The van der Waals surface area contributed by atoms with Gasteiger partial charge in [0, 0.05) is 30.1 Å². The monoisotopic (exact) mass is 419 g/mol. The second-order valence-corrected chi connectivity index (χ2v) is 6.82. The fraction of sp³-hybridized carbons (Fsp3) is 0.227. The molecule has 0 saturated carbocycles. The molecule has 9 nitrogen and oxygen atoms in total. The number of H-pyrrole nitrogens is 1. The van der Waals surface area contributed by atoms with E-state index < -0.39 is 0 Å². The molecule has 0 fully saturated rings. The summed E-state index contributed by atoms with van der Waals surface area (Å²) in [6.07, 6.45) is 0.962. The summed E-state index contributed by atoms with van der Waals surface area (Å²) in [5, 5.41) is 9.83. The highest BCUT2D eigenvalue weighted by Gasteiger charge is 2.14. The zero-order chi connectivity index (χ0) is 21.6. The second kappa shape index (κ2) is 9.21. The summed E-state index contributed by atoms with van der Waals surface area (Å²) in [5.41, 5.74) is 2.96. The number of nitrogens with one attached hydrogen (secondary N) is 4. The standard InChI is InChI=1S/C22H25N7O2/c1-4-11-23-19-18-20(28-21(26-18)24-14-7-5-9-16(12-14)30-2)29-22(27-19)25-15-8-6-10-17(13-15)31-3/h5-10,12-13H,4,11H2,1-3H3,(H4,23,24,25,26,27,28,29). The molecule has 0 aliphatic heterocycles. The van der Waals surface area contributed by atoms with Crippen LogP contribution in [-0.2, 0) is 0 Å². The molecule has 4 aromatic rings. The Morgan fingerprint density at radius 1 is 0.871 bits per heavy atom. The minimum absolute atomic E-state index is 0.455. The van der Waals surface area contributed by atoms with Crippen LogP contribution in [0.3, 0.4) is 0 Å². The first kappa shape index (κ1) is 20.3. The van der Waals surface area contributed by atoms with Gasteiger partial charge in [-0.25, -0.2) is 4.98 Å². The van der Waals surface area contributed by atoms with Gasteiger partial charge in [-0.2, -0.15) is 9.97 Å². The third kappa shape index (κ3) is 4.77. The van der Waals surface area contributed by atoms with E-state index >= 15 is 0 Å². The lowest BCUT2D eigenvalue weighted by molar-refractivity contribution is 0.415. The Morgan fingerprint density at radius 2 is 1.55 bits per heavy atom. The van der Waals surface area contributed by atoms with Crippen LogP contribution in [0.4, 0.5) is 29.1 Å². The molecule has 31 heavy (non-hydrogen) atoms. The molecule has 2 aromatic heterocycles. The van der Waals surface area contributed by atoms with Crippen molar-refractivity contribution in [2.45, 2.75) is 13.3 Å². The molecule has 9 heteroatoms. The topological polar surface area (TPSA) is 109 Å².